The van der Waals surface area contributed by atoms with E-state index in [4.69, 9.17) is 9.47 Å². The Morgan fingerprint density at radius 1 is 1.33 bits per heavy atom. The van der Waals surface area contributed by atoms with Crippen LogP contribution in [-0.2, 0) is 0 Å². The highest BCUT2D eigenvalue weighted by Gasteiger charge is 2.31. The fourth-order valence-corrected chi connectivity index (χ4v) is 3.11. The van der Waals surface area contributed by atoms with Crippen molar-refractivity contribution in [1.82, 2.24) is 5.32 Å². The van der Waals surface area contributed by atoms with Gasteiger partial charge in [0.15, 0.2) is 0 Å². The fraction of sp³-hybridized carbons (Fsp3) is 0.667. The molecule has 3 atom stereocenters. The molecule has 1 aliphatic heterocycles. The van der Waals surface area contributed by atoms with Crippen molar-refractivity contribution in [3.8, 4) is 11.5 Å². The number of nitrogens with one attached hydrogen (secondary N) is 1. The number of ether oxygens (including phenoxy) is 2. The first-order valence-corrected chi connectivity index (χ1v) is 8.27. The lowest BCUT2D eigenvalue weighted by Crippen LogP contribution is -2.36. The van der Waals surface area contributed by atoms with Crippen LogP contribution in [0.1, 0.15) is 58.1 Å². The van der Waals surface area contributed by atoms with Crippen LogP contribution in [0.15, 0.2) is 18.2 Å². The second kappa shape index (κ2) is 7.69. The third-order valence-electron chi connectivity index (χ3n) is 4.36. The summed E-state index contributed by atoms with van der Waals surface area (Å²) in [5.41, 5.74) is 1.24. The van der Waals surface area contributed by atoms with E-state index in [2.05, 4.69) is 38.2 Å². The molecule has 1 aromatic carbocycles. The van der Waals surface area contributed by atoms with Crippen molar-refractivity contribution in [3.05, 3.63) is 23.8 Å². The zero-order chi connectivity index (χ0) is 15.2. The molecule has 0 aliphatic carbocycles. The maximum absolute atomic E-state index is 6.26. The van der Waals surface area contributed by atoms with Crippen LogP contribution in [0, 0.1) is 5.92 Å². The average molecular weight is 291 g/mol. The van der Waals surface area contributed by atoms with E-state index in [0.29, 0.717) is 18.1 Å². The van der Waals surface area contributed by atoms with Crippen LogP contribution < -0.4 is 14.8 Å². The molecule has 1 aromatic rings. The van der Waals surface area contributed by atoms with E-state index in [1.165, 1.54) is 18.4 Å². The van der Waals surface area contributed by atoms with E-state index in [0.717, 1.165) is 30.9 Å². The molecule has 1 aliphatic rings. The summed E-state index contributed by atoms with van der Waals surface area (Å²) in [5.74, 6) is 2.51. The minimum Gasteiger partial charge on any atom is -0.497 e. The Kier molecular flexibility index (Phi) is 5.92. The molecule has 0 saturated carbocycles. The summed E-state index contributed by atoms with van der Waals surface area (Å²) in [5, 5.41) is 3.67. The van der Waals surface area contributed by atoms with Crippen molar-refractivity contribution in [2.75, 3.05) is 13.7 Å². The number of hydrogen-bond acceptors (Lipinski definition) is 3. The predicted octanol–water partition coefficient (Wildman–Crippen LogP) is 4.32. The molecule has 21 heavy (non-hydrogen) atoms. The Hall–Kier alpha value is -1.22. The number of fused-ring (bicyclic) bond motifs is 1. The number of rotatable bonds is 7. The molecule has 1 N–H and O–H groups in total. The molecular formula is C18H29NO2. The molecule has 3 unspecified atom stereocenters. The van der Waals surface area contributed by atoms with Gasteiger partial charge in [0, 0.05) is 18.0 Å². The van der Waals surface area contributed by atoms with Crippen LogP contribution in [0.3, 0.4) is 0 Å². The van der Waals surface area contributed by atoms with Gasteiger partial charge in [0.1, 0.15) is 17.6 Å². The molecule has 0 aromatic heterocycles. The number of benzene rings is 1. The second-order valence-corrected chi connectivity index (χ2v) is 6.07. The summed E-state index contributed by atoms with van der Waals surface area (Å²) < 4.78 is 11.6. The van der Waals surface area contributed by atoms with Gasteiger partial charge in [0.2, 0.25) is 0 Å². The Labute approximate surface area is 129 Å². The lowest BCUT2D eigenvalue weighted by atomic mass is 9.88. The number of hydrogen-bond donors (Lipinski definition) is 1. The molecular weight excluding hydrogens is 262 g/mol. The lowest BCUT2D eigenvalue weighted by Gasteiger charge is -2.36. The van der Waals surface area contributed by atoms with E-state index in [-0.39, 0.29) is 0 Å². The zero-order valence-corrected chi connectivity index (χ0v) is 13.8. The van der Waals surface area contributed by atoms with Gasteiger partial charge >= 0.3 is 0 Å². The van der Waals surface area contributed by atoms with Gasteiger partial charge in [0.05, 0.1) is 7.11 Å². The highest BCUT2D eigenvalue weighted by Crippen LogP contribution is 2.39. The predicted molar refractivity (Wildman–Crippen MR) is 87.1 cm³/mol. The van der Waals surface area contributed by atoms with Gasteiger partial charge in [-0.25, -0.2) is 0 Å². The lowest BCUT2D eigenvalue weighted by molar-refractivity contribution is 0.0952. The van der Waals surface area contributed by atoms with Gasteiger partial charge in [-0.1, -0.05) is 27.2 Å². The van der Waals surface area contributed by atoms with Crippen molar-refractivity contribution in [1.29, 1.82) is 0 Å². The van der Waals surface area contributed by atoms with Crippen LogP contribution in [-0.4, -0.2) is 19.8 Å². The van der Waals surface area contributed by atoms with Crippen LogP contribution in [0.5, 0.6) is 11.5 Å². The fourth-order valence-electron chi connectivity index (χ4n) is 3.11. The molecule has 0 amide bonds. The van der Waals surface area contributed by atoms with Gasteiger partial charge in [-0.2, -0.15) is 0 Å². The topological polar surface area (TPSA) is 30.5 Å². The Morgan fingerprint density at radius 3 is 2.81 bits per heavy atom. The molecule has 3 nitrogen and oxygen atoms in total. The van der Waals surface area contributed by atoms with Gasteiger partial charge in [-0.3, -0.25) is 0 Å². The van der Waals surface area contributed by atoms with Gasteiger partial charge in [-0.15, -0.1) is 0 Å². The monoisotopic (exact) mass is 291 g/mol. The van der Waals surface area contributed by atoms with Crippen LogP contribution >= 0.6 is 0 Å². The van der Waals surface area contributed by atoms with E-state index in [9.17, 15) is 0 Å². The minimum atomic E-state index is 0.306. The summed E-state index contributed by atoms with van der Waals surface area (Å²) in [6.45, 7) is 7.79. The maximum atomic E-state index is 6.26. The van der Waals surface area contributed by atoms with Crippen LogP contribution in [0.25, 0.3) is 0 Å². The Morgan fingerprint density at radius 2 is 2.14 bits per heavy atom. The van der Waals surface area contributed by atoms with Crippen molar-refractivity contribution in [2.45, 2.75) is 58.6 Å². The first-order valence-electron chi connectivity index (χ1n) is 8.27. The van der Waals surface area contributed by atoms with E-state index >= 15 is 0 Å². The van der Waals surface area contributed by atoms with E-state index in [1.54, 1.807) is 7.11 Å². The second-order valence-electron chi connectivity index (χ2n) is 6.07. The smallest absolute Gasteiger partial charge is 0.124 e. The Balaban J connectivity index is 2.22. The van der Waals surface area contributed by atoms with Crippen molar-refractivity contribution in [3.63, 3.8) is 0 Å². The van der Waals surface area contributed by atoms with E-state index in [1.807, 2.05) is 6.07 Å². The first-order chi connectivity index (χ1) is 10.2. The van der Waals surface area contributed by atoms with Gasteiger partial charge < -0.3 is 14.8 Å². The number of methoxy groups -OCH3 is 1. The highest BCUT2D eigenvalue weighted by molar-refractivity contribution is 5.43. The summed E-state index contributed by atoms with van der Waals surface area (Å²) in [6, 6.07) is 6.53. The standard InChI is InChI=1S/C18H29NO2/c1-5-7-13(3)18-12-16(19-10-6-2)15-11-14(20-4)8-9-17(15)21-18/h8-9,11,13,16,18-19H,5-7,10,12H2,1-4H3. The molecule has 0 spiro atoms. The molecule has 1 heterocycles. The molecule has 3 heteroatoms. The maximum Gasteiger partial charge on any atom is 0.124 e. The summed E-state index contributed by atoms with van der Waals surface area (Å²) >= 11 is 0. The van der Waals surface area contributed by atoms with Gasteiger partial charge in [0.25, 0.3) is 0 Å². The average Bonchev–Trinajstić information content (AvgIpc) is 2.52. The quantitative estimate of drug-likeness (QED) is 0.811. The largest absolute Gasteiger partial charge is 0.497 e. The Bertz CT molecular complexity index is 447. The normalized spacial score (nSPS) is 22.3. The highest BCUT2D eigenvalue weighted by atomic mass is 16.5. The van der Waals surface area contributed by atoms with Crippen LogP contribution in [0.4, 0.5) is 0 Å². The van der Waals surface area contributed by atoms with Crippen LogP contribution in [0.2, 0.25) is 0 Å². The summed E-state index contributed by atoms with van der Waals surface area (Å²) in [6.07, 6.45) is 4.92. The third kappa shape index (κ3) is 3.91. The first kappa shape index (κ1) is 16.2. The summed E-state index contributed by atoms with van der Waals surface area (Å²) in [4.78, 5) is 0. The molecule has 0 saturated heterocycles. The van der Waals surface area contributed by atoms with Gasteiger partial charge in [-0.05, 0) is 43.5 Å². The van der Waals surface area contributed by atoms with Crippen molar-refractivity contribution in [2.24, 2.45) is 5.92 Å². The van der Waals surface area contributed by atoms with E-state index < -0.39 is 0 Å². The molecule has 118 valence electrons. The molecule has 2 rings (SSSR count). The molecule has 0 bridgehead atoms. The van der Waals surface area contributed by atoms with Crippen molar-refractivity contribution >= 4 is 0 Å². The molecule has 0 fully saturated rings. The minimum absolute atomic E-state index is 0.306. The zero-order valence-electron chi connectivity index (χ0n) is 13.8. The molecule has 0 radical (unpaired) electrons. The van der Waals surface area contributed by atoms with Crippen molar-refractivity contribution < 1.29 is 9.47 Å². The summed E-state index contributed by atoms with van der Waals surface area (Å²) in [7, 11) is 1.71. The third-order valence-corrected chi connectivity index (χ3v) is 4.36. The SMILES string of the molecule is CCCNC1CC(C(C)CCC)Oc2ccc(OC)cc21.